The Morgan fingerprint density at radius 1 is 1.00 bits per heavy atom. The van der Waals surface area contributed by atoms with E-state index >= 15 is 0 Å². The SMILES string of the molecule is CCc1ccc(N2C(=O)NC(=O)C(=Cc3cccn3-c3ccc(C)c(Cl)c3)C2=O)cc1. The van der Waals surface area contributed by atoms with Crippen molar-refractivity contribution in [3.05, 3.63) is 88.2 Å². The van der Waals surface area contributed by atoms with E-state index in [0.29, 0.717) is 16.4 Å². The molecule has 1 N–H and O–H groups in total. The Labute approximate surface area is 184 Å². The van der Waals surface area contributed by atoms with Crippen LogP contribution in [0.1, 0.15) is 23.7 Å². The summed E-state index contributed by atoms with van der Waals surface area (Å²) in [5.41, 5.74) is 3.70. The van der Waals surface area contributed by atoms with Gasteiger partial charge in [-0.15, -0.1) is 0 Å². The number of hydrogen-bond donors (Lipinski definition) is 1. The number of carbonyl (C=O) groups excluding carboxylic acids is 3. The third-order valence-electron chi connectivity index (χ3n) is 5.21. The van der Waals surface area contributed by atoms with Crippen LogP contribution in [-0.4, -0.2) is 22.4 Å². The lowest BCUT2D eigenvalue weighted by Crippen LogP contribution is -2.54. The van der Waals surface area contributed by atoms with E-state index in [1.165, 1.54) is 6.08 Å². The second-order valence-corrected chi connectivity index (χ2v) is 7.62. The van der Waals surface area contributed by atoms with Gasteiger partial charge in [0.05, 0.1) is 5.69 Å². The maximum atomic E-state index is 13.1. The molecule has 1 aliphatic rings. The molecule has 2 heterocycles. The van der Waals surface area contributed by atoms with Crippen LogP contribution in [0.2, 0.25) is 5.02 Å². The van der Waals surface area contributed by atoms with Crippen molar-refractivity contribution in [1.82, 2.24) is 9.88 Å². The zero-order chi connectivity index (χ0) is 22.1. The highest BCUT2D eigenvalue weighted by molar-refractivity contribution is 6.39. The van der Waals surface area contributed by atoms with E-state index in [4.69, 9.17) is 11.6 Å². The molecular formula is C24H20ClN3O3. The van der Waals surface area contributed by atoms with Crippen molar-refractivity contribution in [2.45, 2.75) is 20.3 Å². The lowest BCUT2D eigenvalue weighted by Gasteiger charge is -2.26. The van der Waals surface area contributed by atoms with Crippen molar-refractivity contribution < 1.29 is 14.4 Å². The Kier molecular flexibility index (Phi) is 5.48. The van der Waals surface area contributed by atoms with E-state index in [1.807, 2.05) is 54.9 Å². The number of benzene rings is 2. The molecule has 1 aromatic heterocycles. The quantitative estimate of drug-likeness (QED) is 0.480. The predicted octanol–water partition coefficient (Wildman–Crippen LogP) is 4.67. The summed E-state index contributed by atoms with van der Waals surface area (Å²) < 4.78 is 1.82. The minimum Gasteiger partial charge on any atom is -0.317 e. The van der Waals surface area contributed by atoms with Gasteiger partial charge in [-0.2, -0.15) is 0 Å². The third-order valence-corrected chi connectivity index (χ3v) is 5.62. The highest BCUT2D eigenvalue weighted by Gasteiger charge is 2.37. The summed E-state index contributed by atoms with van der Waals surface area (Å²) in [7, 11) is 0. The first-order valence-electron chi connectivity index (χ1n) is 9.83. The molecule has 0 aliphatic carbocycles. The van der Waals surface area contributed by atoms with Crippen molar-refractivity contribution >= 4 is 41.2 Å². The maximum absolute atomic E-state index is 13.1. The molecule has 2 aromatic carbocycles. The summed E-state index contributed by atoms with van der Waals surface area (Å²) in [4.78, 5) is 39.0. The van der Waals surface area contributed by atoms with Crippen molar-refractivity contribution in [3.8, 4) is 5.69 Å². The molecule has 6 nitrogen and oxygen atoms in total. The lowest BCUT2D eigenvalue weighted by atomic mass is 10.1. The van der Waals surface area contributed by atoms with Gasteiger partial charge in [0.15, 0.2) is 0 Å². The smallest absolute Gasteiger partial charge is 0.317 e. The number of nitrogens with zero attached hydrogens (tertiary/aromatic N) is 2. The Hall–Kier alpha value is -3.64. The van der Waals surface area contributed by atoms with Crippen LogP contribution < -0.4 is 10.2 Å². The van der Waals surface area contributed by atoms with Crippen molar-refractivity contribution in [1.29, 1.82) is 0 Å². The highest BCUT2D eigenvalue weighted by Crippen LogP contribution is 2.25. The number of urea groups is 1. The topological polar surface area (TPSA) is 71.4 Å². The van der Waals surface area contributed by atoms with E-state index < -0.39 is 17.8 Å². The average molecular weight is 434 g/mol. The molecule has 7 heteroatoms. The molecule has 4 amide bonds. The number of carbonyl (C=O) groups is 3. The summed E-state index contributed by atoms with van der Waals surface area (Å²) in [6.07, 6.45) is 4.13. The molecule has 1 fully saturated rings. The maximum Gasteiger partial charge on any atom is 0.335 e. The standard InChI is InChI=1S/C24H20ClN3O3/c1-3-16-7-10-17(11-8-16)28-23(30)20(22(29)26-24(28)31)13-18-5-4-12-27(18)19-9-6-15(2)21(25)14-19/h4-14H,3H2,1-2H3,(H,26,29,31). The van der Waals surface area contributed by atoms with Gasteiger partial charge in [0, 0.05) is 22.6 Å². The summed E-state index contributed by atoms with van der Waals surface area (Å²) in [5, 5.41) is 2.87. The third kappa shape index (κ3) is 3.90. The second-order valence-electron chi connectivity index (χ2n) is 7.21. The molecule has 156 valence electrons. The van der Waals surface area contributed by atoms with Gasteiger partial charge in [-0.3, -0.25) is 14.9 Å². The minimum absolute atomic E-state index is 0.127. The van der Waals surface area contributed by atoms with Crippen molar-refractivity contribution in [2.24, 2.45) is 0 Å². The first-order valence-corrected chi connectivity index (χ1v) is 10.2. The van der Waals surface area contributed by atoms with Crippen molar-refractivity contribution in [3.63, 3.8) is 0 Å². The van der Waals surface area contributed by atoms with Gasteiger partial charge in [-0.05, 0) is 66.9 Å². The van der Waals surface area contributed by atoms with Crippen LogP contribution in [0, 0.1) is 6.92 Å². The first-order chi connectivity index (χ1) is 14.9. The number of aryl methyl sites for hydroxylation is 2. The number of imide groups is 2. The van der Waals surface area contributed by atoms with E-state index in [-0.39, 0.29) is 5.57 Å². The molecule has 0 unspecified atom stereocenters. The lowest BCUT2D eigenvalue weighted by molar-refractivity contribution is -0.122. The van der Waals surface area contributed by atoms with Crippen LogP contribution in [0.25, 0.3) is 11.8 Å². The van der Waals surface area contributed by atoms with E-state index in [1.54, 1.807) is 24.3 Å². The highest BCUT2D eigenvalue weighted by atomic mass is 35.5. The zero-order valence-corrected chi connectivity index (χ0v) is 17.8. The van der Waals surface area contributed by atoms with E-state index in [2.05, 4.69) is 5.32 Å². The van der Waals surface area contributed by atoms with Crippen LogP contribution in [-0.2, 0) is 16.0 Å². The number of rotatable bonds is 4. The fourth-order valence-electron chi connectivity index (χ4n) is 3.40. The monoisotopic (exact) mass is 433 g/mol. The molecule has 1 saturated heterocycles. The van der Waals surface area contributed by atoms with Gasteiger partial charge in [0.25, 0.3) is 11.8 Å². The largest absolute Gasteiger partial charge is 0.335 e. The van der Waals surface area contributed by atoms with Gasteiger partial charge in [0.1, 0.15) is 5.57 Å². The van der Waals surface area contributed by atoms with E-state index in [0.717, 1.165) is 28.1 Å². The summed E-state index contributed by atoms with van der Waals surface area (Å²) in [6.45, 7) is 3.93. The van der Waals surface area contributed by atoms with Crippen molar-refractivity contribution in [2.75, 3.05) is 4.90 Å². The fourth-order valence-corrected chi connectivity index (χ4v) is 3.57. The Morgan fingerprint density at radius 2 is 1.71 bits per heavy atom. The van der Waals surface area contributed by atoms with Crippen LogP contribution in [0.15, 0.2) is 66.4 Å². The van der Waals surface area contributed by atoms with Gasteiger partial charge in [0.2, 0.25) is 0 Å². The summed E-state index contributed by atoms with van der Waals surface area (Å²) in [6, 6.07) is 15.5. The summed E-state index contributed by atoms with van der Waals surface area (Å²) in [5.74, 6) is -1.40. The molecule has 0 radical (unpaired) electrons. The first kappa shape index (κ1) is 20.6. The van der Waals surface area contributed by atoms with Gasteiger partial charge in [-0.1, -0.05) is 36.7 Å². The molecule has 31 heavy (non-hydrogen) atoms. The normalized spacial score (nSPS) is 15.5. The number of hydrogen-bond acceptors (Lipinski definition) is 3. The number of amides is 4. The molecular weight excluding hydrogens is 414 g/mol. The molecule has 4 rings (SSSR count). The van der Waals surface area contributed by atoms with Gasteiger partial charge >= 0.3 is 6.03 Å². The number of barbiturate groups is 1. The van der Waals surface area contributed by atoms with Crippen LogP contribution in [0.4, 0.5) is 10.5 Å². The molecule has 0 bridgehead atoms. The Morgan fingerprint density at radius 3 is 2.39 bits per heavy atom. The number of anilines is 1. The molecule has 3 aromatic rings. The molecule has 1 aliphatic heterocycles. The molecule has 0 saturated carbocycles. The van der Waals surface area contributed by atoms with Crippen LogP contribution in [0.5, 0.6) is 0 Å². The van der Waals surface area contributed by atoms with Gasteiger partial charge < -0.3 is 4.57 Å². The van der Waals surface area contributed by atoms with E-state index in [9.17, 15) is 14.4 Å². The Balaban J connectivity index is 1.73. The minimum atomic E-state index is -0.767. The van der Waals surface area contributed by atoms with Gasteiger partial charge in [-0.25, -0.2) is 9.69 Å². The Bertz CT molecular complexity index is 1230. The second kappa shape index (κ2) is 8.24. The predicted molar refractivity (Wildman–Crippen MR) is 120 cm³/mol. The molecule has 0 spiro atoms. The number of aromatic nitrogens is 1. The van der Waals surface area contributed by atoms with Crippen LogP contribution >= 0.6 is 11.6 Å². The number of halogens is 1. The average Bonchev–Trinajstić information content (AvgIpc) is 3.22. The summed E-state index contributed by atoms with van der Waals surface area (Å²) >= 11 is 6.25. The van der Waals surface area contributed by atoms with Crippen LogP contribution in [0.3, 0.4) is 0 Å². The number of nitrogens with one attached hydrogen (secondary N) is 1. The molecule has 0 atom stereocenters. The fraction of sp³-hybridized carbons (Fsp3) is 0.125. The zero-order valence-electron chi connectivity index (χ0n) is 17.1.